The molecule has 4 N–H and O–H groups in total. The first-order chi connectivity index (χ1) is 8.69. The van der Waals surface area contributed by atoms with Crippen molar-refractivity contribution in [3.05, 3.63) is 11.9 Å². The Balaban J connectivity index is 1.86. The van der Waals surface area contributed by atoms with E-state index < -0.39 is 0 Å². The SMILES string of the molecule is NCCn1cc(C(=O)NC2CCC(O)CC2)nn1. The fourth-order valence-electron chi connectivity index (χ4n) is 2.12. The van der Waals surface area contributed by atoms with Crippen LogP contribution in [0.4, 0.5) is 0 Å². The zero-order chi connectivity index (χ0) is 13.0. The Labute approximate surface area is 105 Å². The van der Waals surface area contributed by atoms with Gasteiger partial charge >= 0.3 is 0 Å². The van der Waals surface area contributed by atoms with Gasteiger partial charge < -0.3 is 16.2 Å². The molecule has 0 saturated heterocycles. The third kappa shape index (κ3) is 3.27. The third-order valence-corrected chi connectivity index (χ3v) is 3.16. The Bertz CT molecular complexity index is 398. The zero-order valence-electron chi connectivity index (χ0n) is 10.2. The van der Waals surface area contributed by atoms with Gasteiger partial charge in [0.1, 0.15) is 0 Å². The van der Waals surface area contributed by atoms with Crippen LogP contribution >= 0.6 is 0 Å². The van der Waals surface area contributed by atoms with Crippen LogP contribution in [0.3, 0.4) is 0 Å². The van der Waals surface area contributed by atoms with Gasteiger partial charge in [-0.1, -0.05) is 5.21 Å². The molecule has 1 aromatic rings. The summed E-state index contributed by atoms with van der Waals surface area (Å²) in [5, 5.41) is 19.9. The highest BCUT2D eigenvalue weighted by Crippen LogP contribution is 2.18. The van der Waals surface area contributed by atoms with E-state index in [9.17, 15) is 9.90 Å². The van der Waals surface area contributed by atoms with E-state index in [1.54, 1.807) is 10.9 Å². The second kappa shape index (κ2) is 5.92. The van der Waals surface area contributed by atoms with E-state index in [1.165, 1.54) is 0 Å². The van der Waals surface area contributed by atoms with E-state index in [1.807, 2.05) is 0 Å². The van der Waals surface area contributed by atoms with E-state index >= 15 is 0 Å². The first-order valence-corrected chi connectivity index (χ1v) is 6.28. The molecular formula is C11H19N5O2. The third-order valence-electron chi connectivity index (χ3n) is 3.16. The second-order valence-corrected chi connectivity index (χ2v) is 4.63. The minimum atomic E-state index is -0.219. The first-order valence-electron chi connectivity index (χ1n) is 6.28. The molecular weight excluding hydrogens is 234 g/mol. The van der Waals surface area contributed by atoms with Crippen LogP contribution in [0.5, 0.6) is 0 Å². The van der Waals surface area contributed by atoms with Crippen LogP contribution in [0.25, 0.3) is 0 Å². The quantitative estimate of drug-likeness (QED) is 0.656. The van der Waals surface area contributed by atoms with E-state index in [-0.39, 0.29) is 18.1 Å². The lowest BCUT2D eigenvalue weighted by Gasteiger charge is -2.25. The molecule has 0 spiro atoms. The van der Waals surface area contributed by atoms with Crippen molar-refractivity contribution < 1.29 is 9.90 Å². The molecule has 1 aromatic heterocycles. The summed E-state index contributed by atoms with van der Waals surface area (Å²) in [6.07, 6.45) is 4.48. The van der Waals surface area contributed by atoms with Crippen molar-refractivity contribution in [3.63, 3.8) is 0 Å². The predicted molar refractivity (Wildman–Crippen MR) is 64.8 cm³/mol. The molecule has 7 nitrogen and oxygen atoms in total. The molecule has 100 valence electrons. The minimum Gasteiger partial charge on any atom is -0.393 e. The normalized spacial score (nSPS) is 23.9. The maximum atomic E-state index is 11.9. The van der Waals surface area contributed by atoms with E-state index in [0.29, 0.717) is 18.8 Å². The molecule has 1 aliphatic carbocycles. The summed E-state index contributed by atoms with van der Waals surface area (Å²) in [5.41, 5.74) is 5.71. The summed E-state index contributed by atoms with van der Waals surface area (Å²) in [7, 11) is 0. The van der Waals surface area contributed by atoms with Crippen LogP contribution < -0.4 is 11.1 Å². The first kappa shape index (κ1) is 13.0. The summed E-state index contributed by atoms with van der Waals surface area (Å²) >= 11 is 0. The molecule has 18 heavy (non-hydrogen) atoms. The molecule has 0 bridgehead atoms. The van der Waals surface area contributed by atoms with Crippen LogP contribution in [-0.4, -0.2) is 44.7 Å². The Morgan fingerprint density at radius 3 is 2.89 bits per heavy atom. The molecule has 1 fully saturated rings. The van der Waals surface area contributed by atoms with Crippen molar-refractivity contribution >= 4 is 5.91 Å². The molecule has 2 rings (SSSR count). The van der Waals surface area contributed by atoms with Crippen LogP contribution in [0.2, 0.25) is 0 Å². The molecule has 0 radical (unpaired) electrons. The minimum absolute atomic E-state index is 0.126. The number of hydrogen-bond acceptors (Lipinski definition) is 5. The maximum absolute atomic E-state index is 11.9. The van der Waals surface area contributed by atoms with Crippen molar-refractivity contribution in [3.8, 4) is 0 Å². The van der Waals surface area contributed by atoms with Gasteiger partial charge in [-0.15, -0.1) is 5.10 Å². The van der Waals surface area contributed by atoms with E-state index in [4.69, 9.17) is 5.73 Å². The topological polar surface area (TPSA) is 106 Å². The van der Waals surface area contributed by atoms with Gasteiger partial charge in [0, 0.05) is 12.6 Å². The van der Waals surface area contributed by atoms with Crippen LogP contribution in [0, 0.1) is 0 Å². The average Bonchev–Trinajstić information content (AvgIpc) is 2.81. The number of carbonyl (C=O) groups excluding carboxylic acids is 1. The molecule has 1 saturated carbocycles. The van der Waals surface area contributed by atoms with Crippen molar-refractivity contribution in [2.75, 3.05) is 6.54 Å². The molecule has 0 unspecified atom stereocenters. The highest BCUT2D eigenvalue weighted by molar-refractivity contribution is 5.92. The number of hydrogen-bond donors (Lipinski definition) is 3. The number of nitrogens with zero attached hydrogens (tertiary/aromatic N) is 3. The average molecular weight is 253 g/mol. The number of aliphatic hydroxyl groups excluding tert-OH is 1. The predicted octanol–water partition coefficient (Wildman–Crippen LogP) is -0.730. The van der Waals surface area contributed by atoms with Crippen molar-refractivity contribution in [2.45, 2.75) is 44.4 Å². The number of aromatic nitrogens is 3. The van der Waals surface area contributed by atoms with Gasteiger partial charge in [0.15, 0.2) is 5.69 Å². The maximum Gasteiger partial charge on any atom is 0.273 e. The van der Waals surface area contributed by atoms with Gasteiger partial charge in [-0.25, -0.2) is 0 Å². The lowest BCUT2D eigenvalue weighted by molar-refractivity contribution is 0.0863. The monoisotopic (exact) mass is 253 g/mol. The van der Waals surface area contributed by atoms with Gasteiger partial charge in [0.2, 0.25) is 0 Å². The van der Waals surface area contributed by atoms with Crippen molar-refractivity contribution in [1.29, 1.82) is 0 Å². The lowest BCUT2D eigenvalue weighted by Crippen LogP contribution is -2.38. The van der Waals surface area contributed by atoms with E-state index in [2.05, 4.69) is 15.6 Å². The molecule has 0 aromatic carbocycles. The molecule has 1 amide bonds. The smallest absolute Gasteiger partial charge is 0.273 e. The highest BCUT2D eigenvalue weighted by atomic mass is 16.3. The molecule has 1 heterocycles. The van der Waals surface area contributed by atoms with Crippen molar-refractivity contribution in [2.24, 2.45) is 5.73 Å². The van der Waals surface area contributed by atoms with Gasteiger partial charge in [0.25, 0.3) is 5.91 Å². The Kier molecular flexibility index (Phi) is 4.27. The number of aliphatic hydroxyl groups is 1. The van der Waals surface area contributed by atoms with Crippen LogP contribution in [0.15, 0.2) is 6.20 Å². The molecule has 0 atom stereocenters. The van der Waals surface area contributed by atoms with Gasteiger partial charge in [0.05, 0.1) is 18.8 Å². The Hall–Kier alpha value is -1.47. The summed E-state index contributed by atoms with van der Waals surface area (Å²) < 4.78 is 1.56. The van der Waals surface area contributed by atoms with Gasteiger partial charge in [-0.05, 0) is 25.7 Å². The van der Waals surface area contributed by atoms with Gasteiger partial charge in [-0.2, -0.15) is 0 Å². The fourth-order valence-corrected chi connectivity index (χ4v) is 2.12. The number of nitrogens with two attached hydrogens (primary N) is 1. The summed E-state index contributed by atoms with van der Waals surface area (Å²) in [5.74, 6) is -0.209. The van der Waals surface area contributed by atoms with Crippen molar-refractivity contribution in [1.82, 2.24) is 20.3 Å². The molecule has 1 aliphatic rings. The standard InChI is InChI=1S/C11H19N5O2/c12-5-6-16-7-10(14-15-16)11(18)13-8-1-3-9(17)4-2-8/h7-9,17H,1-6,12H2,(H,13,18). The lowest BCUT2D eigenvalue weighted by atomic mass is 9.93. The number of amides is 1. The number of rotatable bonds is 4. The molecule has 0 aliphatic heterocycles. The zero-order valence-corrected chi connectivity index (χ0v) is 10.2. The van der Waals surface area contributed by atoms with E-state index in [0.717, 1.165) is 25.7 Å². The second-order valence-electron chi connectivity index (χ2n) is 4.63. The number of nitrogens with one attached hydrogen (secondary N) is 1. The van der Waals surface area contributed by atoms with Crippen LogP contribution in [0.1, 0.15) is 36.2 Å². The highest BCUT2D eigenvalue weighted by Gasteiger charge is 2.22. The Morgan fingerprint density at radius 2 is 2.22 bits per heavy atom. The Morgan fingerprint density at radius 1 is 1.50 bits per heavy atom. The summed E-state index contributed by atoms with van der Waals surface area (Å²) in [4.78, 5) is 11.9. The number of carbonyl (C=O) groups is 1. The fraction of sp³-hybridized carbons (Fsp3) is 0.727. The largest absolute Gasteiger partial charge is 0.393 e. The molecule has 7 heteroatoms. The summed E-state index contributed by atoms with van der Waals surface area (Å²) in [6.45, 7) is 1.01. The van der Waals surface area contributed by atoms with Gasteiger partial charge in [-0.3, -0.25) is 9.48 Å². The summed E-state index contributed by atoms with van der Waals surface area (Å²) in [6, 6.07) is 0.126. The van der Waals surface area contributed by atoms with Crippen LogP contribution in [-0.2, 0) is 6.54 Å².